The first-order chi connectivity index (χ1) is 13.6. The zero-order chi connectivity index (χ0) is 21.3. The molecule has 29 heavy (non-hydrogen) atoms. The highest BCUT2D eigenvalue weighted by Crippen LogP contribution is 2.38. The van der Waals surface area contributed by atoms with E-state index in [4.69, 9.17) is 23.2 Å². The SMILES string of the molecule is C=C[C@@H]1CN(CCN(C)C)C(=O)[C@@H]2CCC[C@H]1N2S(=O)(=O)c1cc(Cl)cc(Cl)c1. The summed E-state index contributed by atoms with van der Waals surface area (Å²) in [5.74, 6) is -0.284. The Bertz CT molecular complexity index is 871. The molecule has 9 heteroatoms. The minimum atomic E-state index is -3.96. The lowest BCUT2D eigenvalue weighted by molar-refractivity contribution is -0.135. The summed E-state index contributed by atoms with van der Waals surface area (Å²) in [6.07, 6.45) is 3.78. The third kappa shape index (κ3) is 4.64. The van der Waals surface area contributed by atoms with Gasteiger partial charge in [-0.15, -0.1) is 6.58 Å². The normalized spacial score (nSPS) is 25.9. The molecule has 0 N–H and O–H groups in total. The molecule has 0 unspecified atom stereocenters. The van der Waals surface area contributed by atoms with Crippen LogP contribution in [-0.2, 0) is 14.8 Å². The van der Waals surface area contributed by atoms with E-state index in [9.17, 15) is 13.2 Å². The Morgan fingerprint density at radius 1 is 1.21 bits per heavy atom. The van der Waals surface area contributed by atoms with Crippen LogP contribution in [0.2, 0.25) is 10.0 Å². The molecule has 2 bridgehead atoms. The smallest absolute Gasteiger partial charge is 0.244 e. The largest absolute Gasteiger partial charge is 0.339 e. The minimum Gasteiger partial charge on any atom is -0.339 e. The fourth-order valence-electron chi connectivity index (χ4n) is 4.22. The van der Waals surface area contributed by atoms with Crippen LogP contribution >= 0.6 is 23.2 Å². The molecule has 1 amide bonds. The van der Waals surface area contributed by atoms with Gasteiger partial charge in [0.15, 0.2) is 0 Å². The average Bonchev–Trinajstić information content (AvgIpc) is 2.72. The van der Waals surface area contributed by atoms with Gasteiger partial charge in [-0.3, -0.25) is 4.79 Å². The van der Waals surface area contributed by atoms with Gasteiger partial charge in [0.25, 0.3) is 0 Å². The number of carbonyl (C=O) groups is 1. The molecule has 0 aromatic heterocycles. The van der Waals surface area contributed by atoms with Crippen molar-refractivity contribution in [1.29, 1.82) is 0 Å². The van der Waals surface area contributed by atoms with E-state index in [1.165, 1.54) is 22.5 Å². The molecule has 6 nitrogen and oxygen atoms in total. The summed E-state index contributed by atoms with van der Waals surface area (Å²) in [5, 5.41) is 0.491. The molecular weight excluding hydrogens is 433 g/mol. The van der Waals surface area contributed by atoms with E-state index in [1.54, 1.807) is 11.0 Å². The molecule has 2 aliphatic rings. The topological polar surface area (TPSA) is 60.9 Å². The lowest BCUT2D eigenvalue weighted by Crippen LogP contribution is -2.54. The molecule has 0 aliphatic carbocycles. The van der Waals surface area contributed by atoms with Crippen molar-refractivity contribution in [2.75, 3.05) is 33.7 Å². The second-order valence-corrected chi connectivity index (χ2v) is 10.7. The van der Waals surface area contributed by atoms with Gasteiger partial charge in [-0.25, -0.2) is 8.42 Å². The summed E-state index contributed by atoms with van der Waals surface area (Å²) < 4.78 is 28.7. The Labute approximate surface area is 183 Å². The van der Waals surface area contributed by atoms with Crippen molar-refractivity contribution in [2.45, 2.75) is 36.2 Å². The van der Waals surface area contributed by atoms with Gasteiger partial charge in [-0.1, -0.05) is 29.3 Å². The molecule has 2 saturated heterocycles. The Morgan fingerprint density at radius 3 is 2.45 bits per heavy atom. The van der Waals surface area contributed by atoms with Gasteiger partial charge in [-0.05, 0) is 51.6 Å². The number of amides is 1. The molecule has 3 rings (SSSR count). The van der Waals surface area contributed by atoms with Gasteiger partial charge < -0.3 is 9.80 Å². The van der Waals surface area contributed by atoms with Crippen molar-refractivity contribution in [3.8, 4) is 0 Å². The quantitative estimate of drug-likeness (QED) is 0.613. The van der Waals surface area contributed by atoms with Crippen molar-refractivity contribution < 1.29 is 13.2 Å². The van der Waals surface area contributed by atoms with Gasteiger partial charge in [-0.2, -0.15) is 4.31 Å². The van der Waals surface area contributed by atoms with Crippen LogP contribution in [0.4, 0.5) is 0 Å². The highest BCUT2D eigenvalue weighted by atomic mass is 35.5. The zero-order valence-corrected chi connectivity index (χ0v) is 19.1. The standard InChI is InChI=1S/C20H27Cl2N3O3S/c1-4-14-13-24(9-8-23(2)3)20(26)19-7-5-6-18(14)25(19)29(27,28)17-11-15(21)10-16(22)12-17/h4,10-12,14,18-19H,1,5-9,13H2,2-3H3/t14-,18-,19+/m1/s1. The van der Waals surface area contributed by atoms with Gasteiger partial charge >= 0.3 is 0 Å². The van der Waals surface area contributed by atoms with Crippen molar-refractivity contribution in [2.24, 2.45) is 5.92 Å². The number of carbonyl (C=O) groups excluding carboxylic acids is 1. The van der Waals surface area contributed by atoms with Crippen molar-refractivity contribution in [3.05, 3.63) is 40.9 Å². The van der Waals surface area contributed by atoms with E-state index in [-0.39, 0.29) is 32.8 Å². The first-order valence-electron chi connectivity index (χ1n) is 9.71. The molecule has 1 aromatic rings. The second kappa shape index (κ2) is 8.94. The molecule has 0 spiro atoms. The number of sulfonamides is 1. The maximum atomic E-state index is 13.6. The second-order valence-electron chi connectivity index (χ2n) is 7.94. The number of likely N-dealkylation sites (N-methyl/N-ethyl adjacent to an activating group) is 1. The van der Waals surface area contributed by atoms with Crippen LogP contribution in [0.5, 0.6) is 0 Å². The summed E-state index contributed by atoms with van der Waals surface area (Å²) >= 11 is 12.1. The third-order valence-electron chi connectivity index (χ3n) is 5.67. The fraction of sp³-hybridized carbons (Fsp3) is 0.550. The lowest BCUT2D eigenvalue weighted by atomic mass is 9.90. The summed E-state index contributed by atoms with van der Waals surface area (Å²) in [5.41, 5.74) is 0. The van der Waals surface area contributed by atoms with E-state index >= 15 is 0 Å². The monoisotopic (exact) mass is 459 g/mol. The van der Waals surface area contributed by atoms with Gasteiger partial charge in [0.05, 0.1) is 4.90 Å². The number of piperidine rings is 1. The van der Waals surface area contributed by atoms with E-state index in [2.05, 4.69) is 6.58 Å². The molecule has 0 radical (unpaired) electrons. The summed E-state index contributed by atoms with van der Waals surface area (Å²) in [7, 11) is -0.0620. The van der Waals surface area contributed by atoms with Crippen LogP contribution < -0.4 is 0 Å². The summed E-state index contributed by atoms with van der Waals surface area (Å²) in [6.45, 7) is 5.67. The van der Waals surface area contributed by atoms with Gasteiger partial charge in [0.2, 0.25) is 15.9 Å². The van der Waals surface area contributed by atoms with Crippen LogP contribution in [0.3, 0.4) is 0 Å². The van der Waals surface area contributed by atoms with Gasteiger partial charge in [0.1, 0.15) is 6.04 Å². The van der Waals surface area contributed by atoms with Crippen molar-refractivity contribution in [1.82, 2.24) is 14.1 Å². The third-order valence-corrected chi connectivity index (χ3v) is 8.01. The Morgan fingerprint density at radius 2 is 1.86 bits per heavy atom. The van der Waals surface area contributed by atoms with Crippen molar-refractivity contribution in [3.63, 3.8) is 0 Å². The predicted molar refractivity (Wildman–Crippen MR) is 116 cm³/mol. The maximum absolute atomic E-state index is 13.6. The molecule has 2 heterocycles. The number of nitrogens with zero attached hydrogens (tertiary/aromatic N) is 3. The van der Waals surface area contributed by atoms with E-state index in [0.29, 0.717) is 32.5 Å². The molecule has 160 valence electrons. The molecule has 2 aliphatic heterocycles. The number of hydrogen-bond acceptors (Lipinski definition) is 4. The summed E-state index contributed by atoms with van der Waals surface area (Å²) in [4.78, 5) is 17.2. The average molecular weight is 460 g/mol. The van der Waals surface area contributed by atoms with Crippen molar-refractivity contribution >= 4 is 39.1 Å². The van der Waals surface area contributed by atoms with E-state index in [0.717, 1.165) is 6.42 Å². The Hall–Kier alpha value is -1.12. The number of rotatable bonds is 6. The minimum absolute atomic E-state index is 0.0178. The number of fused-ring (bicyclic) bond motifs is 2. The maximum Gasteiger partial charge on any atom is 0.244 e. The highest BCUT2D eigenvalue weighted by Gasteiger charge is 2.49. The van der Waals surface area contributed by atoms with Crippen LogP contribution in [-0.4, -0.2) is 74.2 Å². The zero-order valence-electron chi connectivity index (χ0n) is 16.7. The van der Waals surface area contributed by atoms with Crippen LogP contribution in [0.1, 0.15) is 19.3 Å². The fourth-order valence-corrected chi connectivity index (χ4v) is 6.82. The van der Waals surface area contributed by atoms with Crippen LogP contribution in [0, 0.1) is 5.92 Å². The Kier molecular flexibility index (Phi) is 6.95. The predicted octanol–water partition coefficient (Wildman–Crippen LogP) is 3.11. The lowest BCUT2D eigenvalue weighted by Gasteiger charge is -2.40. The first kappa shape index (κ1) is 22.6. The van der Waals surface area contributed by atoms with E-state index < -0.39 is 16.1 Å². The molecular formula is C20H27Cl2N3O3S. The van der Waals surface area contributed by atoms with Crippen LogP contribution in [0.25, 0.3) is 0 Å². The first-order valence-corrected chi connectivity index (χ1v) is 11.9. The molecule has 0 saturated carbocycles. The number of benzene rings is 1. The highest BCUT2D eigenvalue weighted by molar-refractivity contribution is 7.89. The van der Waals surface area contributed by atoms with Crippen LogP contribution in [0.15, 0.2) is 35.7 Å². The number of hydrogen-bond donors (Lipinski definition) is 0. The Balaban J connectivity index is 2.05. The number of halogens is 2. The van der Waals surface area contributed by atoms with E-state index in [1.807, 2.05) is 19.0 Å². The molecule has 2 fully saturated rings. The van der Waals surface area contributed by atoms with Gasteiger partial charge in [0, 0.05) is 41.6 Å². The molecule has 1 aromatic carbocycles. The molecule has 3 atom stereocenters. The summed E-state index contributed by atoms with van der Waals surface area (Å²) in [6, 6.07) is 3.23.